The molecule has 0 spiro atoms. The zero-order chi connectivity index (χ0) is 19.4. The third kappa shape index (κ3) is 4.64. The number of halogens is 2. The van der Waals surface area contributed by atoms with E-state index < -0.39 is 17.7 Å². The molecule has 2 fully saturated rings. The molecule has 0 aliphatic carbocycles. The van der Waals surface area contributed by atoms with E-state index >= 15 is 0 Å². The zero-order valence-corrected chi connectivity index (χ0v) is 15.7. The highest BCUT2D eigenvalue weighted by molar-refractivity contribution is 5.81. The van der Waals surface area contributed by atoms with E-state index in [1.807, 2.05) is 35.2 Å². The molecule has 27 heavy (non-hydrogen) atoms. The molecule has 148 valence electrons. The van der Waals surface area contributed by atoms with Gasteiger partial charge in [-0.3, -0.25) is 14.5 Å². The summed E-state index contributed by atoms with van der Waals surface area (Å²) in [5, 5.41) is 2.62. The van der Waals surface area contributed by atoms with Gasteiger partial charge in [-0.25, -0.2) is 8.78 Å². The second-order valence-corrected chi connectivity index (χ2v) is 7.50. The number of nitrogens with one attached hydrogen (secondary N) is 1. The molecule has 2 aliphatic heterocycles. The second kappa shape index (κ2) is 8.33. The number of amides is 2. The van der Waals surface area contributed by atoms with Gasteiger partial charge in [0.15, 0.2) is 0 Å². The van der Waals surface area contributed by atoms with Crippen molar-refractivity contribution >= 4 is 11.8 Å². The van der Waals surface area contributed by atoms with Crippen molar-refractivity contribution in [1.29, 1.82) is 0 Å². The molecule has 0 aromatic heterocycles. The Morgan fingerprint density at radius 3 is 2.44 bits per heavy atom. The van der Waals surface area contributed by atoms with Gasteiger partial charge in [0.05, 0.1) is 0 Å². The molecule has 1 atom stereocenters. The van der Waals surface area contributed by atoms with Crippen molar-refractivity contribution in [2.75, 3.05) is 33.2 Å². The summed E-state index contributed by atoms with van der Waals surface area (Å²) >= 11 is 0. The van der Waals surface area contributed by atoms with E-state index in [2.05, 4.69) is 5.32 Å². The fourth-order valence-corrected chi connectivity index (χ4v) is 3.99. The van der Waals surface area contributed by atoms with Gasteiger partial charge in [0.2, 0.25) is 11.8 Å². The lowest BCUT2D eigenvalue weighted by atomic mass is 9.89. The Bertz CT molecular complexity index is 660. The summed E-state index contributed by atoms with van der Waals surface area (Å²) < 4.78 is 29.0. The Morgan fingerprint density at radius 1 is 1.15 bits per heavy atom. The highest BCUT2D eigenvalue weighted by atomic mass is 19.3. The van der Waals surface area contributed by atoms with Gasteiger partial charge in [0, 0.05) is 52.1 Å². The predicted molar refractivity (Wildman–Crippen MR) is 98.1 cm³/mol. The topological polar surface area (TPSA) is 52.7 Å². The van der Waals surface area contributed by atoms with Crippen molar-refractivity contribution in [1.82, 2.24) is 15.1 Å². The number of rotatable bonds is 4. The number of piperidine rings is 2. The summed E-state index contributed by atoms with van der Waals surface area (Å²) in [6.45, 7) is 1.64. The average molecular weight is 379 g/mol. The number of benzene rings is 1. The lowest BCUT2D eigenvalue weighted by Crippen LogP contribution is -2.55. The number of hydrogen-bond acceptors (Lipinski definition) is 3. The van der Waals surface area contributed by atoms with E-state index in [0.29, 0.717) is 32.5 Å². The average Bonchev–Trinajstić information content (AvgIpc) is 2.69. The van der Waals surface area contributed by atoms with Crippen LogP contribution >= 0.6 is 0 Å². The summed E-state index contributed by atoms with van der Waals surface area (Å²) in [6.07, 6.45) is 0.750. The summed E-state index contributed by atoms with van der Waals surface area (Å²) in [5.74, 6) is -4.96. The normalized spacial score (nSPS) is 23.8. The van der Waals surface area contributed by atoms with E-state index in [0.717, 1.165) is 5.56 Å². The van der Waals surface area contributed by atoms with E-state index in [9.17, 15) is 18.4 Å². The van der Waals surface area contributed by atoms with Crippen molar-refractivity contribution in [2.45, 2.75) is 31.7 Å². The fourth-order valence-electron chi connectivity index (χ4n) is 3.99. The van der Waals surface area contributed by atoms with Crippen LogP contribution in [0.2, 0.25) is 0 Å². The minimum atomic E-state index is -2.98. The standard InChI is InChI=1S/C20H27F2N3O2/c1-23-18(26)16-7-10-25(11-8-16)19(27)17-14-24(12-9-20(17,21)22)13-15-5-3-2-4-6-15/h2-6,16-17H,7-14H2,1H3,(H,23,26). The largest absolute Gasteiger partial charge is 0.359 e. The quantitative estimate of drug-likeness (QED) is 0.872. The van der Waals surface area contributed by atoms with Crippen molar-refractivity contribution in [2.24, 2.45) is 11.8 Å². The molecule has 1 aromatic carbocycles. The number of carbonyl (C=O) groups is 2. The van der Waals surface area contributed by atoms with E-state index in [4.69, 9.17) is 0 Å². The molecule has 0 bridgehead atoms. The van der Waals surface area contributed by atoms with Crippen LogP contribution in [0.15, 0.2) is 30.3 Å². The minimum Gasteiger partial charge on any atom is -0.359 e. The van der Waals surface area contributed by atoms with Crippen LogP contribution in [-0.4, -0.2) is 60.8 Å². The molecular formula is C20H27F2N3O2. The maximum absolute atomic E-state index is 14.5. The van der Waals surface area contributed by atoms with Gasteiger partial charge in [-0.05, 0) is 18.4 Å². The van der Waals surface area contributed by atoms with Gasteiger partial charge < -0.3 is 10.2 Å². The molecule has 0 radical (unpaired) electrons. The minimum absolute atomic E-state index is 0.0425. The van der Waals surface area contributed by atoms with Crippen LogP contribution < -0.4 is 5.32 Å². The molecular weight excluding hydrogens is 352 g/mol. The van der Waals surface area contributed by atoms with Gasteiger partial charge >= 0.3 is 0 Å². The van der Waals surface area contributed by atoms with Crippen LogP contribution in [0.1, 0.15) is 24.8 Å². The molecule has 3 rings (SSSR count). The summed E-state index contributed by atoms with van der Waals surface area (Å²) in [7, 11) is 1.59. The lowest BCUT2D eigenvalue weighted by molar-refractivity contribution is -0.162. The van der Waals surface area contributed by atoms with Crippen LogP contribution in [0.3, 0.4) is 0 Å². The Kier molecular flexibility index (Phi) is 6.09. The molecule has 2 saturated heterocycles. The second-order valence-electron chi connectivity index (χ2n) is 7.50. The van der Waals surface area contributed by atoms with Crippen LogP contribution in [0.4, 0.5) is 8.78 Å². The number of hydrogen-bond donors (Lipinski definition) is 1. The predicted octanol–water partition coefficient (Wildman–Crippen LogP) is 2.13. The third-order valence-electron chi connectivity index (χ3n) is 5.68. The molecule has 2 aliphatic rings. The Hall–Kier alpha value is -2.02. The fraction of sp³-hybridized carbons (Fsp3) is 0.600. The van der Waals surface area contributed by atoms with E-state index in [-0.39, 0.29) is 31.3 Å². The molecule has 5 nitrogen and oxygen atoms in total. The van der Waals surface area contributed by atoms with Gasteiger partial charge in [-0.1, -0.05) is 30.3 Å². The van der Waals surface area contributed by atoms with E-state index in [1.165, 1.54) is 4.90 Å². The number of alkyl halides is 2. The number of nitrogens with zero attached hydrogens (tertiary/aromatic N) is 2. The molecule has 1 aromatic rings. The van der Waals surface area contributed by atoms with Crippen molar-refractivity contribution < 1.29 is 18.4 Å². The van der Waals surface area contributed by atoms with Gasteiger partial charge in [0.1, 0.15) is 5.92 Å². The third-order valence-corrected chi connectivity index (χ3v) is 5.68. The SMILES string of the molecule is CNC(=O)C1CCN(C(=O)C2CN(Cc3ccccc3)CCC2(F)F)CC1. The first kappa shape index (κ1) is 19.7. The molecule has 1 N–H and O–H groups in total. The van der Waals surface area contributed by atoms with Crippen LogP contribution in [0.5, 0.6) is 0 Å². The first-order chi connectivity index (χ1) is 12.9. The first-order valence-corrected chi connectivity index (χ1v) is 9.55. The Labute approximate surface area is 158 Å². The van der Waals surface area contributed by atoms with E-state index in [1.54, 1.807) is 7.05 Å². The maximum Gasteiger partial charge on any atom is 0.262 e. The van der Waals surface area contributed by atoms with Crippen LogP contribution in [0, 0.1) is 11.8 Å². The lowest BCUT2D eigenvalue weighted by Gasteiger charge is -2.41. The number of likely N-dealkylation sites (tertiary alicyclic amines) is 2. The first-order valence-electron chi connectivity index (χ1n) is 9.55. The highest BCUT2D eigenvalue weighted by Crippen LogP contribution is 2.36. The highest BCUT2D eigenvalue weighted by Gasteiger charge is 2.49. The Balaban J connectivity index is 1.62. The summed E-state index contributed by atoms with van der Waals surface area (Å²) in [5.41, 5.74) is 1.06. The molecule has 2 heterocycles. The zero-order valence-electron chi connectivity index (χ0n) is 15.7. The van der Waals surface area contributed by atoms with Crippen LogP contribution in [0.25, 0.3) is 0 Å². The van der Waals surface area contributed by atoms with Gasteiger partial charge in [0.25, 0.3) is 5.92 Å². The van der Waals surface area contributed by atoms with Crippen molar-refractivity contribution in [3.8, 4) is 0 Å². The molecule has 1 unspecified atom stereocenters. The van der Waals surface area contributed by atoms with Gasteiger partial charge in [-0.15, -0.1) is 0 Å². The number of carbonyl (C=O) groups excluding carboxylic acids is 2. The van der Waals surface area contributed by atoms with Crippen LogP contribution in [-0.2, 0) is 16.1 Å². The Morgan fingerprint density at radius 2 is 1.81 bits per heavy atom. The molecule has 0 saturated carbocycles. The van der Waals surface area contributed by atoms with Gasteiger partial charge in [-0.2, -0.15) is 0 Å². The summed E-state index contributed by atoms with van der Waals surface area (Å²) in [4.78, 5) is 28.0. The summed E-state index contributed by atoms with van der Waals surface area (Å²) in [6, 6.07) is 9.70. The monoisotopic (exact) mass is 379 g/mol. The molecule has 7 heteroatoms. The smallest absolute Gasteiger partial charge is 0.262 e. The van der Waals surface area contributed by atoms with Crippen molar-refractivity contribution in [3.63, 3.8) is 0 Å². The molecule has 2 amide bonds. The maximum atomic E-state index is 14.5. The van der Waals surface area contributed by atoms with Crippen molar-refractivity contribution in [3.05, 3.63) is 35.9 Å².